The Balaban J connectivity index is 2.34. The third-order valence-corrected chi connectivity index (χ3v) is 3.22. The largest absolute Gasteiger partial charge is 0.294 e. The number of unbranched alkanes of at least 4 members (excludes halogenated alkanes) is 4. The molecule has 0 aromatic rings. The van der Waals surface area contributed by atoms with Gasteiger partial charge < -0.3 is 0 Å². The average Bonchev–Trinajstić information content (AvgIpc) is 2.26. The number of allylic oxidation sites excluding steroid dienone is 4. The van der Waals surface area contributed by atoms with Crippen molar-refractivity contribution < 1.29 is 4.79 Å². The van der Waals surface area contributed by atoms with Crippen molar-refractivity contribution in [2.24, 2.45) is 0 Å². The molecule has 0 unspecified atom stereocenters. The van der Waals surface area contributed by atoms with E-state index >= 15 is 0 Å². The van der Waals surface area contributed by atoms with Gasteiger partial charge in [0.15, 0.2) is 5.78 Å². The van der Waals surface area contributed by atoms with Gasteiger partial charge in [0.2, 0.25) is 0 Å². The first-order chi connectivity index (χ1) is 7.75. The Kier molecular flexibility index (Phi) is 6.14. The molecule has 1 rings (SSSR count). The minimum Gasteiger partial charge on any atom is -0.294 e. The molecule has 0 saturated carbocycles. The third kappa shape index (κ3) is 4.34. The molecule has 0 saturated heterocycles. The molecule has 0 aliphatic heterocycles. The van der Waals surface area contributed by atoms with E-state index in [4.69, 9.17) is 0 Å². The van der Waals surface area contributed by atoms with Gasteiger partial charge in [-0.15, -0.1) is 0 Å². The highest BCUT2D eigenvalue weighted by molar-refractivity contribution is 5.99. The summed E-state index contributed by atoms with van der Waals surface area (Å²) in [4.78, 5) is 11.7. The highest BCUT2D eigenvalue weighted by Gasteiger charge is 2.14. The molecule has 0 aromatic carbocycles. The number of hydrogen-bond acceptors (Lipinski definition) is 1. The van der Waals surface area contributed by atoms with Crippen molar-refractivity contribution in [2.45, 2.75) is 65.2 Å². The second kappa shape index (κ2) is 7.43. The lowest BCUT2D eigenvalue weighted by molar-refractivity contribution is -0.115. The first-order valence-corrected chi connectivity index (χ1v) is 6.65. The summed E-state index contributed by atoms with van der Waals surface area (Å²) in [6.07, 6.45) is 13.4. The van der Waals surface area contributed by atoms with Crippen molar-refractivity contribution in [3.8, 4) is 0 Å². The van der Waals surface area contributed by atoms with E-state index in [1.165, 1.54) is 31.3 Å². The molecule has 0 fully saturated rings. The molecule has 0 heterocycles. The Labute approximate surface area is 99.6 Å². The van der Waals surface area contributed by atoms with Crippen molar-refractivity contribution in [2.75, 3.05) is 0 Å². The molecule has 1 nitrogen and oxygen atoms in total. The third-order valence-electron chi connectivity index (χ3n) is 3.22. The molecular weight excluding hydrogens is 196 g/mol. The normalized spacial score (nSPS) is 17.5. The SMILES string of the molecule is CCCCCC/C=C/C1=C(C)CCCC1=O. The molecule has 16 heavy (non-hydrogen) atoms. The summed E-state index contributed by atoms with van der Waals surface area (Å²) >= 11 is 0. The van der Waals surface area contributed by atoms with Crippen LogP contribution in [-0.2, 0) is 4.79 Å². The van der Waals surface area contributed by atoms with Crippen LogP contribution in [-0.4, -0.2) is 5.78 Å². The lowest BCUT2D eigenvalue weighted by Gasteiger charge is -2.13. The quantitative estimate of drug-likeness (QED) is 0.599. The van der Waals surface area contributed by atoms with Gasteiger partial charge in [0.1, 0.15) is 0 Å². The Morgan fingerprint density at radius 1 is 1.19 bits per heavy atom. The Bertz CT molecular complexity index is 284. The molecule has 90 valence electrons. The van der Waals surface area contributed by atoms with Gasteiger partial charge >= 0.3 is 0 Å². The number of carbonyl (C=O) groups is 1. The van der Waals surface area contributed by atoms with Crippen molar-refractivity contribution in [3.63, 3.8) is 0 Å². The maximum Gasteiger partial charge on any atom is 0.162 e. The van der Waals surface area contributed by atoms with Crippen LogP contribution < -0.4 is 0 Å². The monoisotopic (exact) mass is 220 g/mol. The van der Waals surface area contributed by atoms with Gasteiger partial charge in [-0.05, 0) is 32.6 Å². The van der Waals surface area contributed by atoms with Crippen LogP contribution in [0, 0.1) is 0 Å². The van der Waals surface area contributed by atoms with Crippen LogP contribution in [0.3, 0.4) is 0 Å². The van der Waals surface area contributed by atoms with Gasteiger partial charge in [-0.25, -0.2) is 0 Å². The molecular formula is C15H24O. The molecule has 1 heteroatoms. The Hall–Kier alpha value is -0.850. The number of hydrogen-bond donors (Lipinski definition) is 0. The highest BCUT2D eigenvalue weighted by atomic mass is 16.1. The van der Waals surface area contributed by atoms with E-state index in [1.807, 2.05) is 0 Å². The van der Waals surface area contributed by atoms with Crippen molar-refractivity contribution >= 4 is 5.78 Å². The summed E-state index contributed by atoms with van der Waals surface area (Å²) in [5, 5.41) is 0. The van der Waals surface area contributed by atoms with Crippen LogP contribution >= 0.6 is 0 Å². The van der Waals surface area contributed by atoms with Crippen LogP contribution in [0.1, 0.15) is 65.2 Å². The van der Waals surface area contributed by atoms with Crippen LogP contribution in [0.5, 0.6) is 0 Å². The number of ketones is 1. The van der Waals surface area contributed by atoms with Gasteiger partial charge in [-0.3, -0.25) is 4.79 Å². The maximum absolute atomic E-state index is 11.7. The van der Waals surface area contributed by atoms with E-state index < -0.39 is 0 Å². The van der Waals surface area contributed by atoms with Crippen LogP contribution in [0.4, 0.5) is 0 Å². The second-order valence-electron chi connectivity index (χ2n) is 4.72. The zero-order valence-corrected chi connectivity index (χ0v) is 10.7. The van der Waals surface area contributed by atoms with E-state index in [0.717, 1.165) is 31.3 Å². The molecule has 0 N–H and O–H groups in total. The van der Waals surface area contributed by atoms with Crippen LogP contribution in [0.15, 0.2) is 23.3 Å². The van der Waals surface area contributed by atoms with Crippen molar-refractivity contribution in [3.05, 3.63) is 23.3 Å². The van der Waals surface area contributed by atoms with Gasteiger partial charge in [-0.2, -0.15) is 0 Å². The molecule has 1 aliphatic rings. The molecule has 0 spiro atoms. The van der Waals surface area contributed by atoms with Gasteiger partial charge in [0, 0.05) is 12.0 Å². The fourth-order valence-corrected chi connectivity index (χ4v) is 2.15. The fourth-order valence-electron chi connectivity index (χ4n) is 2.15. The molecule has 0 bridgehead atoms. The Morgan fingerprint density at radius 3 is 2.69 bits per heavy atom. The molecule has 0 radical (unpaired) electrons. The summed E-state index contributed by atoms with van der Waals surface area (Å²) in [5.41, 5.74) is 2.27. The van der Waals surface area contributed by atoms with Gasteiger partial charge in [0.25, 0.3) is 0 Å². The molecule has 1 aliphatic carbocycles. The van der Waals surface area contributed by atoms with E-state index in [2.05, 4.69) is 26.0 Å². The van der Waals surface area contributed by atoms with E-state index in [1.54, 1.807) is 0 Å². The fraction of sp³-hybridized carbons (Fsp3) is 0.667. The van der Waals surface area contributed by atoms with Crippen molar-refractivity contribution in [1.29, 1.82) is 0 Å². The number of rotatable bonds is 6. The average molecular weight is 220 g/mol. The topological polar surface area (TPSA) is 17.1 Å². The van der Waals surface area contributed by atoms with E-state index in [-0.39, 0.29) is 0 Å². The molecule has 0 atom stereocenters. The molecule has 0 aromatic heterocycles. The predicted octanol–water partition coefficient (Wildman–Crippen LogP) is 4.58. The zero-order valence-electron chi connectivity index (χ0n) is 10.7. The van der Waals surface area contributed by atoms with Gasteiger partial charge in [-0.1, -0.05) is 43.9 Å². The summed E-state index contributed by atoms with van der Waals surface area (Å²) in [5.74, 6) is 0.341. The van der Waals surface area contributed by atoms with E-state index in [9.17, 15) is 4.79 Å². The van der Waals surface area contributed by atoms with Crippen LogP contribution in [0.25, 0.3) is 0 Å². The summed E-state index contributed by atoms with van der Waals surface area (Å²) in [6, 6.07) is 0. The lowest BCUT2D eigenvalue weighted by Crippen LogP contribution is -2.08. The van der Waals surface area contributed by atoms with Gasteiger partial charge in [0.05, 0.1) is 0 Å². The second-order valence-corrected chi connectivity index (χ2v) is 4.72. The smallest absolute Gasteiger partial charge is 0.162 e. The lowest BCUT2D eigenvalue weighted by atomic mass is 9.91. The minimum absolute atomic E-state index is 0.341. The zero-order chi connectivity index (χ0) is 11.8. The predicted molar refractivity (Wildman–Crippen MR) is 69.5 cm³/mol. The molecule has 0 amide bonds. The minimum atomic E-state index is 0.341. The summed E-state index contributed by atoms with van der Waals surface area (Å²) < 4.78 is 0. The summed E-state index contributed by atoms with van der Waals surface area (Å²) in [6.45, 7) is 4.32. The van der Waals surface area contributed by atoms with Crippen LogP contribution in [0.2, 0.25) is 0 Å². The number of carbonyl (C=O) groups excluding carboxylic acids is 1. The number of Topliss-reactive ketones (excluding diaryl/α,β-unsaturated/α-hetero) is 1. The first kappa shape index (κ1) is 13.2. The standard InChI is InChI=1S/C15H24O/c1-3-4-5-6-7-8-11-14-13(2)10-9-12-15(14)16/h8,11H,3-7,9-10,12H2,1-2H3/b11-8+. The highest BCUT2D eigenvalue weighted by Crippen LogP contribution is 2.22. The van der Waals surface area contributed by atoms with E-state index in [0.29, 0.717) is 5.78 Å². The Morgan fingerprint density at radius 2 is 2.00 bits per heavy atom. The van der Waals surface area contributed by atoms with Crippen molar-refractivity contribution in [1.82, 2.24) is 0 Å². The first-order valence-electron chi connectivity index (χ1n) is 6.65. The maximum atomic E-state index is 11.7. The summed E-state index contributed by atoms with van der Waals surface area (Å²) in [7, 11) is 0.